The Morgan fingerprint density at radius 1 is 1.38 bits per heavy atom. The van der Waals surface area contributed by atoms with Gasteiger partial charge in [-0.25, -0.2) is 17.5 Å². The van der Waals surface area contributed by atoms with Crippen molar-refractivity contribution in [2.45, 2.75) is 24.8 Å². The van der Waals surface area contributed by atoms with Crippen LogP contribution in [0.2, 0.25) is 0 Å². The fourth-order valence-corrected chi connectivity index (χ4v) is 3.91. The van der Waals surface area contributed by atoms with Gasteiger partial charge in [0.1, 0.15) is 5.82 Å². The van der Waals surface area contributed by atoms with Crippen LogP contribution in [-0.2, 0) is 14.8 Å². The van der Waals surface area contributed by atoms with Crippen molar-refractivity contribution in [2.75, 3.05) is 32.8 Å². The molecule has 1 aromatic carbocycles. The van der Waals surface area contributed by atoms with Gasteiger partial charge in [-0.2, -0.15) is 0 Å². The van der Waals surface area contributed by atoms with Crippen LogP contribution in [0.3, 0.4) is 0 Å². The van der Waals surface area contributed by atoms with E-state index in [4.69, 9.17) is 4.74 Å². The van der Waals surface area contributed by atoms with Gasteiger partial charge in [0, 0.05) is 25.7 Å². The lowest BCUT2D eigenvalue weighted by Gasteiger charge is -2.29. The zero-order valence-electron chi connectivity index (χ0n) is 12.3. The monoisotopic (exact) mass is 316 g/mol. The Bertz CT molecular complexity index is 586. The Kier molecular flexibility index (Phi) is 5.32. The second-order valence-electron chi connectivity index (χ2n) is 5.35. The maximum absolute atomic E-state index is 13.1. The van der Waals surface area contributed by atoms with E-state index in [1.165, 1.54) is 12.1 Å². The molecular formula is C14H21FN2O3S. The van der Waals surface area contributed by atoms with E-state index in [0.717, 1.165) is 19.2 Å². The van der Waals surface area contributed by atoms with Gasteiger partial charge in [-0.1, -0.05) is 0 Å². The van der Waals surface area contributed by atoms with Crippen LogP contribution in [0.1, 0.15) is 12.5 Å². The van der Waals surface area contributed by atoms with Crippen molar-refractivity contribution in [3.8, 4) is 0 Å². The number of nitrogens with zero attached hydrogens (tertiary/aromatic N) is 1. The van der Waals surface area contributed by atoms with Gasteiger partial charge < -0.3 is 4.74 Å². The molecule has 0 bridgehead atoms. The summed E-state index contributed by atoms with van der Waals surface area (Å²) in [4.78, 5) is 2.28. The normalized spacial score (nSPS) is 18.6. The van der Waals surface area contributed by atoms with Crippen LogP contribution in [0.15, 0.2) is 23.1 Å². The number of sulfonamides is 1. The number of halogens is 1. The Morgan fingerprint density at radius 2 is 2.05 bits per heavy atom. The SMILES string of the molecule is Cc1cc(F)ccc1S(=O)(=O)N[C@@H](C)CN1CCOCC1. The Balaban J connectivity index is 2.02. The molecule has 21 heavy (non-hydrogen) atoms. The van der Waals surface area contributed by atoms with E-state index in [9.17, 15) is 12.8 Å². The maximum Gasteiger partial charge on any atom is 0.241 e. The molecule has 1 saturated heterocycles. The van der Waals surface area contributed by atoms with Crippen molar-refractivity contribution < 1.29 is 17.5 Å². The highest BCUT2D eigenvalue weighted by molar-refractivity contribution is 7.89. The van der Waals surface area contributed by atoms with E-state index in [2.05, 4.69) is 9.62 Å². The minimum atomic E-state index is -3.63. The third-order valence-electron chi connectivity index (χ3n) is 3.42. The predicted molar refractivity (Wildman–Crippen MR) is 78.2 cm³/mol. The summed E-state index contributed by atoms with van der Waals surface area (Å²) in [7, 11) is -3.63. The fourth-order valence-electron chi connectivity index (χ4n) is 2.45. The van der Waals surface area contributed by atoms with E-state index in [-0.39, 0.29) is 10.9 Å². The molecule has 1 fully saturated rings. The summed E-state index contributed by atoms with van der Waals surface area (Å²) in [5.41, 5.74) is 0.404. The molecule has 5 nitrogen and oxygen atoms in total. The van der Waals surface area contributed by atoms with Crippen LogP contribution < -0.4 is 4.72 Å². The number of hydrogen-bond donors (Lipinski definition) is 1. The molecule has 1 atom stereocenters. The zero-order valence-corrected chi connectivity index (χ0v) is 13.1. The second-order valence-corrected chi connectivity index (χ2v) is 7.03. The summed E-state index contributed by atoms with van der Waals surface area (Å²) >= 11 is 0. The van der Waals surface area contributed by atoms with Gasteiger partial charge in [0.15, 0.2) is 0 Å². The quantitative estimate of drug-likeness (QED) is 0.885. The van der Waals surface area contributed by atoms with Crippen molar-refractivity contribution >= 4 is 10.0 Å². The average Bonchev–Trinajstić information content (AvgIpc) is 2.38. The van der Waals surface area contributed by atoms with Gasteiger partial charge >= 0.3 is 0 Å². The molecule has 0 unspecified atom stereocenters. The topological polar surface area (TPSA) is 58.6 Å². The van der Waals surface area contributed by atoms with E-state index in [1.54, 1.807) is 6.92 Å². The first-order valence-corrected chi connectivity index (χ1v) is 8.45. The molecule has 1 aromatic rings. The van der Waals surface area contributed by atoms with Crippen LogP contribution in [0.4, 0.5) is 4.39 Å². The average molecular weight is 316 g/mol. The molecule has 0 radical (unpaired) electrons. The van der Waals surface area contributed by atoms with Gasteiger partial charge in [-0.15, -0.1) is 0 Å². The van der Waals surface area contributed by atoms with Gasteiger partial charge in [-0.05, 0) is 37.6 Å². The molecule has 0 spiro atoms. The fraction of sp³-hybridized carbons (Fsp3) is 0.571. The molecule has 7 heteroatoms. The molecule has 118 valence electrons. The largest absolute Gasteiger partial charge is 0.379 e. The molecular weight excluding hydrogens is 295 g/mol. The predicted octanol–water partition coefficient (Wildman–Crippen LogP) is 1.13. The minimum Gasteiger partial charge on any atom is -0.379 e. The first-order chi connectivity index (χ1) is 9.88. The first-order valence-electron chi connectivity index (χ1n) is 6.97. The molecule has 1 aliphatic rings. The summed E-state index contributed by atoms with van der Waals surface area (Å²) in [6.45, 7) is 7.01. The zero-order chi connectivity index (χ0) is 15.5. The van der Waals surface area contributed by atoms with Gasteiger partial charge in [0.2, 0.25) is 10.0 Å². The van der Waals surface area contributed by atoms with Gasteiger partial charge in [0.05, 0.1) is 18.1 Å². The lowest BCUT2D eigenvalue weighted by Crippen LogP contribution is -2.46. The highest BCUT2D eigenvalue weighted by Gasteiger charge is 2.21. The summed E-state index contributed by atoms with van der Waals surface area (Å²) in [6, 6.07) is 3.46. The number of hydrogen-bond acceptors (Lipinski definition) is 4. The highest BCUT2D eigenvalue weighted by atomic mass is 32.2. The minimum absolute atomic E-state index is 0.123. The van der Waals surface area contributed by atoms with E-state index in [0.29, 0.717) is 25.3 Å². The Labute approximate surface area is 125 Å². The molecule has 0 aromatic heterocycles. The number of rotatable bonds is 5. The number of ether oxygens (including phenoxy) is 1. The third kappa shape index (κ3) is 4.47. The van der Waals surface area contributed by atoms with Crippen LogP contribution in [0.25, 0.3) is 0 Å². The third-order valence-corrected chi connectivity index (χ3v) is 5.17. The molecule has 2 rings (SSSR count). The molecule has 0 amide bonds. The van der Waals surface area contributed by atoms with Crippen molar-refractivity contribution in [3.63, 3.8) is 0 Å². The van der Waals surface area contributed by atoms with Crippen LogP contribution in [0, 0.1) is 12.7 Å². The van der Waals surface area contributed by atoms with Crippen LogP contribution >= 0.6 is 0 Å². The van der Waals surface area contributed by atoms with E-state index < -0.39 is 15.8 Å². The lowest BCUT2D eigenvalue weighted by molar-refractivity contribution is 0.0354. The number of nitrogens with one attached hydrogen (secondary N) is 1. The van der Waals surface area contributed by atoms with Gasteiger partial charge in [0.25, 0.3) is 0 Å². The van der Waals surface area contributed by atoms with E-state index >= 15 is 0 Å². The van der Waals surface area contributed by atoms with Crippen molar-refractivity contribution in [2.24, 2.45) is 0 Å². The van der Waals surface area contributed by atoms with Crippen molar-refractivity contribution in [1.29, 1.82) is 0 Å². The maximum atomic E-state index is 13.1. The van der Waals surface area contributed by atoms with Crippen LogP contribution in [-0.4, -0.2) is 52.2 Å². The summed E-state index contributed by atoms with van der Waals surface area (Å²) in [6.07, 6.45) is 0. The van der Waals surface area contributed by atoms with Gasteiger partial charge in [-0.3, -0.25) is 4.90 Å². The molecule has 1 aliphatic heterocycles. The standard InChI is InChI=1S/C14H21FN2O3S/c1-11-9-13(15)3-4-14(11)21(18,19)16-12(2)10-17-5-7-20-8-6-17/h3-4,9,12,16H,5-8,10H2,1-2H3/t12-/m0/s1. The Morgan fingerprint density at radius 3 is 2.67 bits per heavy atom. The highest BCUT2D eigenvalue weighted by Crippen LogP contribution is 2.16. The number of benzene rings is 1. The second kappa shape index (κ2) is 6.83. The first kappa shape index (κ1) is 16.4. The molecule has 0 aliphatic carbocycles. The summed E-state index contributed by atoms with van der Waals surface area (Å²) in [5.74, 6) is -0.437. The van der Waals surface area contributed by atoms with E-state index in [1.807, 2.05) is 6.92 Å². The Hall–Kier alpha value is -1.02. The number of aryl methyl sites for hydroxylation is 1. The number of morpholine rings is 1. The molecule has 1 N–H and O–H groups in total. The lowest BCUT2D eigenvalue weighted by atomic mass is 10.2. The van der Waals surface area contributed by atoms with Crippen molar-refractivity contribution in [1.82, 2.24) is 9.62 Å². The smallest absolute Gasteiger partial charge is 0.241 e. The summed E-state index contributed by atoms with van der Waals surface area (Å²) < 4.78 is 45.7. The molecule has 0 saturated carbocycles. The molecule has 1 heterocycles. The van der Waals surface area contributed by atoms with Crippen molar-refractivity contribution in [3.05, 3.63) is 29.6 Å². The summed E-state index contributed by atoms with van der Waals surface area (Å²) in [5, 5.41) is 0. The van der Waals surface area contributed by atoms with Crippen LogP contribution in [0.5, 0.6) is 0 Å².